The molecule has 0 saturated carbocycles. The fraction of sp³-hybridized carbons (Fsp3) is 0.333. The second-order valence-corrected chi connectivity index (χ2v) is 2.40. The van der Waals surface area contributed by atoms with Gasteiger partial charge < -0.3 is 15.5 Å². The SMILES string of the molecule is [2H]Oc1cccc(C(CN([2H])C([2H])([2H])[2H])O[2H])c1. The van der Waals surface area contributed by atoms with Crippen LogP contribution in [0, 0.1) is 0 Å². The van der Waals surface area contributed by atoms with Crippen LogP contribution < -0.4 is 5.31 Å². The Morgan fingerprint density at radius 1 is 1.83 bits per heavy atom. The summed E-state index contributed by atoms with van der Waals surface area (Å²) < 4.78 is 42.2. The summed E-state index contributed by atoms with van der Waals surface area (Å²) in [7, 11) is 0. The van der Waals surface area contributed by atoms with E-state index >= 15 is 0 Å². The van der Waals surface area contributed by atoms with Gasteiger partial charge in [0.15, 0.2) is 0 Å². The number of hydrogen-bond donors (Lipinski definition) is 3. The molecule has 1 atom stereocenters. The summed E-state index contributed by atoms with van der Waals surface area (Å²) in [4.78, 5) is 0. The molecule has 0 saturated heterocycles. The summed E-state index contributed by atoms with van der Waals surface area (Å²) in [5, 5.41) is 9.08. The molecule has 1 aromatic rings. The molecule has 0 spiro atoms. The maximum Gasteiger partial charge on any atom is 0.293 e. The smallest absolute Gasteiger partial charge is 0.293 e. The van der Waals surface area contributed by atoms with E-state index in [9.17, 15) is 0 Å². The minimum atomic E-state index is -2.57. The molecule has 1 aromatic carbocycles. The van der Waals surface area contributed by atoms with E-state index in [-0.39, 0.29) is 12.3 Å². The fourth-order valence-corrected chi connectivity index (χ4v) is 0.903. The monoisotopic (exact) mass is 173 g/mol. The predicted molar refractivity (Wildman–Crippen MR) is 47.0 cm³/mol. The normalized spacial score (nSPS) is 21.1. The third-order valence-electron chi connectivity index (χ3n) is 1.49. The largest absolute Gasteiger partial charge is 0.508 e. The van der Waals surface area contributed by atoms with Crippen molar-refractivity contribution in [1.29, 1.82) is 2.86 Å². The summed E-state index contributed by atoms with van der Waals surface area (Å²) in [6.45, 7) is -2.86. The molecule has 0 fully saturated rings. The van der Waals surface area contributed by atoms with Crippen LogP contribution in [0.1, 0.15) is 15.8 Å². The molecule has 0 aromatic heterocycles. The van der Waals surface area contributed by atoms with Crippen LogP contribution in [0.15, 0.2) is 24.3 Å². The van der Waals surface area contributed by atoms with Crippen LogP contribution in [-0.4, -0.2) is 26.6 Å². The zero-order valence-electron chi connectivity index (χ0n) is 12.4. The van der Waals surface area contributed by atoms with Crippen molar-refractivity contribution in [3.05, 3.63) is 29.8 Å². The van der Waals surface area contributed by atoms with Crippen LogP contribution >= 0.6 is 0 Å². The Balaban J connectivity index is 2.82. The van der Waals surface area contributed by atoms with E-state index in [1.54, 1.807) is 18.2 Å². The van der Waals surface area contributed by atoms with E-state index in [1.807, 2.05) is 0 Å². The first kappa shape index (κ1) is 3.77. The number of rotatable bonds is 5. The van der Waals surface area contributed by atoms with Gasteiger partial charge in [-0.3, -0.25) is 0 Å². The Morgan fingerprint density at radius 2 is 2.83 bits per heavy atom. The van der Waals surface area contributed by atoms with Crippen LogP contribution in [0.2, 0.25) is 1.41 Å². The van der Waals surface area contributed by atoms with Gasteiger partial charge in [-0.2, -0.15) is 0 Å². The topological polar surface area (TPSA) is 52.5 Å². The standard InChI is InChI=1S/C9H13NO2/c1-10-6-9(12)7-3-2-4-8(11)5-7/h2-5,9-12H,6H2,1H3/i1D3,12D/hD2. The van der Waals surface area contributed by atoms with Gasteiger partial charge in [-0.15, -0.1) is 0 Å². The summed E-state index contributed by atoms with van der Waals surface area (Å²) in [6, 6.07) is 6.20. The number of likely N-dealkylation sites (N-methyl/N-ethyl adjacent to an activating group) is 1. The van der Waals surface area contributed by atoms with Crippen LogP contribution in [0.25, 0.3) is 0 Å². The third kappa shape index (κ3) is 2.22. The molecule has 0 aliphatic heterocycles. The van der Waals surface area contributed by atoms with Crippen molar-refractivity contribution < 1.29 is 15.7 Å². The molecule has 0 heterocycles. The second kappa shape index (κ2) is 4.09. The lowest BCUT2D eigenvalue weighted by atomic mass is 10.1. The molecule has 1 unspecified atom stereocenters. The highest BCUT2D eigenvalue weighted by molar-refractivity contribution is 5.28. The highest BCUT2D eigenvalue weighted by atomic mass is 16.3. The Hall–Kier alpha value is -1.06. The van der Waals surface area contributed by atoms with Gasteiger partial charge in [-0.1, -0.05) is 12.1 Å². The molecule has 0 bridgehead atoms. The lowest BCUT2D eigenvalue weighted by Crippen LogP contribution is -2.16. The van der Waals surface area contributed by atoms with Gasteiger partial charge in [0.25, 0.3) is 1.43 Å². The maximum absolute atomic E-state index is 7.34. The summed E-state index contributed by atoms with van der Waals surface area (Å²) >= 11 is 0. The first-order chi connectivity index (χ1) is 8.38. The number of nitrogens with one attached hydrogen (secondary N) is 1. The number of phenolic OH excluding ortho intramolecular Hbond substituents is 1. The Kier molecular flexibility index (Phi) is 1.28. The molecule has 0 aliphatic rings. The lowest BCUT2D eigenvalue weighted by molar-refractivity contribution is 0.177. The number of aromatic hydroxyl groups is 1. The van der Waals surface area contributed by atoms with Gasteiger partial charge in [0.1, 0.15) is 7.16 Å². The van der Waals surface area contributed by atoms with Gasteiger partial charge in [-0.05, 0) is 24.7 Å². The first-order valence-electron chi connectivity index (χ1n) is 6.26. The average molecular weight is 173 g/mol. The van der Waals surface area contributed by atoms with Gasteiger partial charge >= 0.3 is 0 Å². The minimum absolute atomic E-state index is 0.250. The molecule has 0 radical (unpaired) electrons. The predicted octanol–water partition coefficient (Wildman–Crippen LogP) is 0.645. The molecule has 12 heavy (non-hydrogen) atoms. The van der Waals surface area contributed by atoms with Gasteiger partial charge in [0.2, 0.25) is 1.43 Å². The molecule has 3 heteroatoms. The molecule has 66 valence electrons. The second-order valence-electron chi connectivity index (χ2n) is 2.40. The van der Waals surface area contributed by atoms with E-state index in [0.29, 0.717) is 10.9 Å². The minimum Gasteiger partial charge on any atom is -0.508 e. The molecular weight excluding hydrogens is 154 g/mol. The molecule has 3 N–H and O–H groups in total. The highest BCUT2D eigenvalue weighted by Gasteiger charge is 2.05. The first-order valence-corrected chi connectivity index (χ1v) is 3.50. The lowest BCUT2D eigenvalue weighted by Gasteiger charge is -2.09. The van der Waals surface area contributed by atoms with E-state index in [4.69, 9.17) is 8.39 Å². The summed E-state index contributed by atoms with van der Waals surface area (Å²) in [5.74, 6) is 0.250. The van der Waals surface area contributed by atoms with Crippen molar-refractivity contribution in [3.63, 3.8) is 0 Å². The molecule has 3 nitrogen and oxygen atoms in total. The maximum atomic E-state index is 7.34. The van der Waals surface area contributed by atoms with Gasteiger partial charge in [0, 0.05) is 10.7 Å². The van der Waals surface area contributed by atoms with Crippen LogP contribution in [0.3, 0.4) is 0 Å². The third-order valence-corrected chi connectivity index (χ3v) is 1.49. The van der Waals surface area contributed by atoms with Crippen molar-refractivity contribution in [1.82, 2.24) is 5.31 Å². The van der Waals surface area contributed by atoms with Crippen LogP contribution in [0.5, 0.6) is 5.75 Å². The van der Waals surface area contributed by atoms with Crippen LogP contribution in [0.4, 0.5) is 0 Å². The molecular formula is C9H13NO2. The number of hydrogen-bond acceptors (Lipinski definition) is 3. The number of phenols is 1. The highest BCUT2D eigenvalue weighted by Crippen LogP contribution is 2.17. The Bertz CT molecular complexity index is 386. The van der Waals surface area contributed by atoms with Crippen molar-refractivity contribution in [3.8, 4) is 5.75 Å². The quantitative estimate of drug-likeness (QED) is 0.612. The fourth-order valence-electron chi connectivity index (χ4n) is 0.903. The zero-order chi connectivity index (χ0) is 13.8. The zero-order valence-corrected chi connectivity index (χ0v) is 6.36. The van der Waals surface area contributed by atoms with E-state index < -0.39 is 13.1 Å². The van der Waals surface area contributed by atoms with Crippen molar-refractivity contribution >= 4 is 0 Å². The van der Waals surface area contributed by atoms with E-state index in [2.05, 4.69) is 10.2 Å². The Labute approximate surface area is 80.3 Å². The van der Waals surface area contributed by atoms with Gasteiger partial charge in [0.05, 0.1) is 6.10 Å². The van der Waals surface area contributed by atoms with Crippen LogP contribution in [-0.2, 0) is 0 Å². The number of aliphatic hydroxyl groups excluding tert-OH is 1. The number of aliphatic hydroxyl groups is 1. The average Bonchev–Trinajstić information content (AvgIpc) is 2.34. The number of benzene rings is 1. The van der Waals surface area contributed by atoms with Crippen molar-refractivity contribution in [2.75, 3.05) is 13.5 Å². The molecule has 1 rings (SSSR count). The summed E-state index contributed by atoms with van der Waals surface area (Å²) in [5.41, 5.74) is 0.469. The Morgan fingerprint density at radius 3 is 3.58 bits per heavy atom. The summed E-state index contributed by atoms with van der Waals surface area (Å²) in [6.07, 6.45) is -0.905. The van der Waals surface area contributed by atoms with E-state index in [1.165, 1.54) is 6.07 Å². The van der Waals surface area contributed by atoms with Crippen molar-refractivity contribution in [2.45, 2.75) is 6.10 Å². The molecule has 0 amide bonds. The van der Waals surface area contributed by atoms with Gasteiger partial charge in [-0.25, -0.2) is 0 Å². The van der Waals surface area contributed by atoms with E-state index in [0.717, 1.165) is 0 Å². The van der Waals surface area contributed by atoms with Crippen molar-refractivity contribution in [2.24, 2.45) is 0 Å². The molecule has 0 aliphatic carbocycles.